The highest BCUT2D eigenvalue weighted by Gasteiger charge is 2.45. The fourth-order valence-corrected chi connectivity index (χ4v) is 2.96. The number of rotatable bonds is 5. The van der Waals surface area contributed by atoms with Crippen LogP contribution in [0.25, 0.3) is 10.8 Å². The normalized spacial score (nSPS) is 15.7. The maximum Gasteiger partial charge on any atom is 0.329 e. The van der Waals surface area contributed by atoms with E-state index in [0.717, 1.165) is 17.2 Å². The van der Waals surface area contributed by atoms with E-state index in [9.17, 15) is 14.7 Å². The van der Waals surface area contributed by atoms with Crippen LogP contribution in [0.4, 0.5) is 0 Å². The summed E-state index contributed by atoms with van der Waals surface area (Å²) in [5, 5.41) is 14.0. The summed E-state index contributed by atoms with van der Waals surface area (Å²) in [6.45, 7) is -0.235. The molecule has 2 aromatic carbocycles. The molecule has 0 spiro atoms. The SMILES string of the molecule is O=C(COc1ccc(Cl)c2ccccc12)NC1(C(=O)O)CCC1. The van der Waals surface area contributed by atoms with Gasteiger partial charge in [0, 0.05) is 15.8 Å². The zero-order valence-corrected chi connectivity index (χ0v) is 13.1. The minimum absolute atomic E-state index is 0.235. The van der Waals surface area contributed by atoms with E-state index in [1.165, 1.54) is 0 Å². The van der Waals surface area contributed by atoms with Gasteiger partial charge in [-0.3, -0.25) is 4.79 Å². The number of aliphatic carboxylic acids is 1. The van der Waals surface area contributed by atoms with Gasteiger partial charge in [-0.25, -0.2) is 4.79 Å². The van der Waals surface area contributed by atoms with Gasteiger partial charge in [0.05, 0.1) is 0 Å². The molecule has 0 saturated heterocycles. The molecule has 0 bridgehead atoms. The smallest absolute Gasteiger partial charge is 0.329 e. The van der Waals surface area contributed by atoms with Gasteiger partial charge in [0.25, 0.3) is 5.91 Å². The summed E-state index contributed by atoms with van der Waals surface area (Å²) in [5.74, 6) is -0.890. The third kappa shape index (κ3) is 2.97. The molecule has 0 atom stereocenters. The Balaban J connectivity index is 1.70. The largest absolute Gasteiger partial charge is 0.483 e. The van der Waals surface area contributed by atoms with Crippen LogP contribution in [0.1, 0.15) is 19.3 Å². The average Bonchev–Trinajstić information content (AvgIpc) is 2.50. The number of hydrogen-bond donors (Lipinski definition) is 2. The van der Waals surface area contributed by atoms with Gasteiger partial charge < -0.3 is 15.2 Å². The lowest BCUT2D eigenvalue weighted by Gasteiger charge is -2.38. The molecule has 1 aliphatic rings. The molecule has 0 radical (unpaired) electrons. The fraction of sp³-hybridized carbons (Fsp3) is 0.294. The molecule has 120 valence electrons. The van der Waals surface area contributed by atoms with Crippen LogP contribution in [-0.2, 0) is 9.59 Å². The Bertz CT molecular complexity index is 770. The molecule has 0 aliphatic heterocycles. The molecule has 0 heterocycles. The molecule has 1 aliphatic carbocycles. The van der Waals surface area contributed by atoms with Crippen molar-refractivity contribution < 1.29 is 19.4 Å². The number of carboxylic acid groups (broad SMARTS) is 1. The molecular weight excluding hydrogens is 318 g/mol. The summed E-state index contributed by atoms with van der Waals surface area (Å²) < 4.78 is 5.57. The zero-order valence-electron chi connectivity index (χ0n) is 12.3. The van der Waals surface area contributed by atoms with Crippen molar-refractivity contribution in [1.82, 2.24) is 5.32 Å². The number of hydrogen-bond acceptors (Lipinski definition) is 3. The standard InChI is InChI=1S/C17H16ClNO4/c18-13-6-7-14(12-5-2-1-4-11(12)13)23-10-15(20)19-17(16(21)22)8-3-9-17/h1-2,4-7H,3,8-10H2,(H,19,20)(H,21,22). The molecule has 5 nitrogen and oxygen atoms in total. The van der Waals surface area contributed by atoms with Crippen molar-refractivity contribution in [2.45, 2.75) is 24.8 Å². The number of benzene rings is 2. The van der Waals surface area contributed by atoms with Gasteiger partial charge in [-0.05, 0) is 31.4 Å². The zero-order chi connectivity index (χ0) is 16.4. The minimum Gasteiger partial charge on any atom is -0.483 e. The summed E-state index contributed by atoms with van der Waals surface area (Å²) in [6.07, 6.45) is 1.71. The van der Waals surface area contributed by atoms with E-state index < -0.39 is 17.4 Å². The van der Waals surface area contributed by atoms with E-state index in [-0.39, 0.29) is 6.61 Å². The predicted octanol–water partition coefficient (Wildman–Crippen LogP) is 3.00. The number of ether oxygens (including phenoxy) is 1. The highest BCUT2D eigenvalue weighted by atomic mass is 35.5. The van der Waals surface area contributed by atoms with Crippen molar-refractivity contribution in [1.29, 1.82) is 0 Å². The van der Waals surface area contributed by atoms with Gasteiger partial charge in [-0.15, -0.1) is 0 Å². The van der Waals surface area contributed by atoms with Gasteiger partial charge >= 0.3 is 5.97 Å². The molecule has 2 aromatic rings. The number of fused-ring (bicyclic) bond motifs is 1. The van der Waals surface area contributed by atoms with E-state index in [4.69, 9.17) is 16.3 Å². The van der Waals surface area contributed by atoms with E-state index in [2.05, 4.69) is 5.32 Å². The van der Waals surface area contributed by atoms with Crippen LogP contribution in [0.3, 0.4) is 0 Å². The van der Waals surface area contributed by atoms with E-state index in [1.807, 2.05) is 24.3 Å². The fourth-order valence-electron chi connectivity index (χ4n) is 2.73. The van der Waals surface area contributed by atoms with Gasteiger partial charge in [0.2, 0.25) is 0 Å². The molecule has 3 rings (SSSR count). The van der Waals surface area contributed by atoms with Crippen molar-refractivity contribution in [3.8, 4) is 5.75 Å². The van der Waals surface area contributed by atoms with Crippen molar-refractivity contribution in [2.75, 3.05) is 6.61 Å². The first-order chi connectivity index (χ1) is 11.0. The number of carboxylic acids is 1. The second-order valence-corrected chi connectivity index (χ2v) is 6.08. The maximum absolute atomic E-state index is 12.0. The average molecular weight is 334 g/mol. The summed E-state index contributed by atoms with van der Waals surface area (Å²) in [5.41, 5.74) is -1.12. The van der Waals surface area contributed by atoms with Crippen molar-refractivity contribution >= 4 is 34.2 Å². The number of carbonyl (C=O) groups excluding carboxylic acids is 1. The number of halogens is 1. The van der Waals surface area contributed by atoms with Crippen molar-refractivity contribution in [3.63, 3.8) is 0 Å². The highest BCUT2D eigenvalue weighted by Crippen LogP contribution is 2.33. The van der Waals surface area contributed by atoms with Gasteiger partial charge in [0.15, 0.2) is 6.61 Å². The summed E-state index contributed by atoms with van der Waals surface area (Å²) in [7, 11) is 0. The maximum atomic E-state index is 12.0. The molecule has 0 unspecified atom stereocenters. The Hall–Kier alpha value is -2.27. The Morgan fingerprint density at radius 1 is 1.17 bits per heavy atom. The second kappa shape index (κ2) is 6.08. The second-order valence-electron chi connectivity index (χ2n) is 5.67. The first kappa shape index (κ1) is 15.6. The van der Waals surface area contributed by atoms with Crippen LogP contribution < -0.4 is 10.1 Å². The Morgan fingerprint density at radius 3 is 2.48 bits per heavy atom. The summed E-state index contributed by atoms with van der Waals surface area (Å²) in [4.78, 5) is 23.3. The van der Waals surface area contributed by atoms with Crippen LogP contribution >= 0.6 is 11.6 Å². The van der Waals surface area contributed by atoms with Crippen LogP contribution in [0, 0.1) is 0 Å². The number of amides is 1. The molecule has 1 amide bonds. The van der Waals surface area contributed by atoms with E-state index in [0.29, 0.717) is 23.6 Å². The lowest BCUT2D eigenvalue weighted by molar-refractivity contribution is -0.152. The Morgan fingerprint density at radius 2 is 1.87 bits per heavy atom. The van der Waals surface area contributed by atoms with Crippen molar-refractivity contribution in [3.05, 3.63) is 41.4 Å². The first-order valence-corrected chi connectivity index (χ1v) is 7.74. The molecule has 2 N–H and O–H groups in total. The van der Waals surface area contributed by atoms with Crippen molar-refractivity contribution in [2.24, 2.45) is 0 Å². The van der Waals surface area contributed by atoms with Crippen LogP contribution in [0.2, 0.25) is 5.02 Å². The van der Waals surface area contributed by atoms with E-state index >= 15 is 0 Å². The third-order valence-electron chi connectivity index (χ3n) is 4.18. The van der Waals surface area contributed by atoms with Crippen LogP contribution in [-0.4, -0.2) is 29.1 Å². The first-order valence-electron chi connectivity index (χ1n) is 7.36. The summed E-state index contributed by atoms with van der Waals surface area (Å²) in [6, 6.07) is 10.9. The molecule has 0 aromatic heterocycles. The number of carbonyl (C=O) groups is 2. The van der Waals surface area contributed by atoms with Gasteiger partial charge in [-0.1, -0.05) is 35.9 Å². The molecular formula is C17H16ClNO4. The minimum atomic E-state index is -1.12. The highest BCUT2D eigenvalue weighted by molar-refractivity contribution is 6.35. The monoisotopic (exact) mass is 333 g/mol. The Labute approximate surface area is 138 Å². The molecule has 1 saturated carbocycles. The lowest BCUT2D eigenvalue weighted by Crippen LogP contribution is -2.59. The van der Waals surface area contributed by atoms with E-state index in [1.54, 1.807) is 12.1 Å². The van der Waals surface area contributed by atoms with Gasteiger partial charge in [0.1, 0.15) is 11.3 Å². The van der Waals surface area contributed by atoms with Gasteiger partial charge in [-0.2, -0.15) is 0 Å². The van der Waals surface area contributed by atoms with Crippen LogP contribution in [0.15, 0.2) is 36.4 Å². The third-order valence-corrected chi connectivity index (χ3v) is 4.51. The lowest BCUT2D eigenvalue weighted by atomic mass is 9.77. The summed E-state index contributed by atoms with van der Waals surface area (Å²) >= 11 is 6.14. The predicted molar refractivity (Wildman–Crippen MR) is 86.8 cm³/mol. The van der Waals surface area contributed by atoms with Crippen LogP contribution in [0.5, 0.6) is 5.75 Å². The molecule has 23 heavy (non-hydrogen) atoms. The molecule has 6 heteroatoms. The molecule has 1 fully saturated rings. The number of nitrogens with one attached hydrogen (secondary N) is 1. The quantitative estimate of drug-likeness (QED) is 0.882. The Kier molecular flexibility index (Phi) is 4.13. The topological polar surface area (TPSA) is 75.6 Å².